The molecule has 6 nitrogen and oxygen atoms in total. The SMILES string of the molecule is Oc1ccc(C(Cn2cnnc2)=C(c2ccc(O)cc2)c2ccc(O)cc2)cc1. The third-order valence-corrected chi connectivity index (χ3v) is 4.64. The van der Waals surface area contributed by atoms with Gasteiger partial charge in [-0.05, 0) is 64.2 Å². The van der Waals surface area contributed by atoms with Crippen molar-refractivity contribution < 1.29 is 15.3 Å². The first-order valence-electron chi connectivity index (χ1n) is 9.04. The van der Waals surface area contributed by atoms with Crippen LogP contribution in [0.5, 0.6) is 17.2 Å². The zero-order chi connectivity index (χ0) is 20.2. The molecule has 0 radical (unpaired) electrons. The maximum Gasteiger partial charge on any atom is 0.119 e. The van der Waals surface area contributed by atoms with Crippen LogP contribution in [0.3, 0.4) is 0 Å². The Labute approximate surface area is 167 Å². The summed E-state index contributed by atoms with van der Waals surface area (Å²) in [6, 6.07) is 21.0. The van der Waals surface area contributed by atoms with E-state index in [-0.39, 0.29) is 17.2 Å². The van der Waals surface area contributed by atoms with Crippen molar-refractivity contribution in [1.82, 2.24) is 14.8 Å². The Morgan fingerprint density at radius 2 is 0.966 bits per heavy atom. The van der Waals surface area contributed by atoms with Gasteiger partial charge in [0.1, 0.15) is 29.9 Å². The Balaban J connectivity index is 1.98. The van der Waals surface area contributed by atoms with E-state index in [0.717, 1.165) is 27.8 Å². The molecule has 0 amide bonds. The second kappa shape index (κ2) is 7.90. The minimum absolute atomic E-state index is 0.184. The number of benzene rings is 3. The molecule has 4 rings (SSSR count). The highest BCUT2D eigenvalue weighted by Gasteiger charge is 2.15. The highest BCUT2D eigenvalue weighted by molar-refractivity contribution is 5.98. The number of allylic oxidation sites excluding steroid dienone is 1. The van der Waals surface area contributed by atoms with E-state index in [1.54, 1.807) is 49.1 Å². The van der Waals surface area contributed by atoms with Gasteiger partial charge >= 0.3 is 0 Å². The topological polar surface area (TPSA) is 91.4 Å². The van der Waals surface area contributed by atoms with Crippen molar-refractivity contribution in [2.75, 3.05) is 0 Å². The Morgan fingerprint density at radius 1 is 0.586 bits per heavy atom. The number of hydrogen-bond donors (Lipinski definition) is 3. The molecule has 0 aliphatic carbocycles. The summed E-state index contributed by atoms with van der Waals surface area (Å²) in [4.78, 5) is 0. The van der Waals surface area contributed by atoms with Gasteiger partial charge in [-0.15, -0.1) is 10.2 Å². The molecule has 0 aliphatic heterocycles. The predicted molar refractivity (Wildman–Crippen MR) is 110 cm³/mol. The van der Waals surface area contributed by atoms with Crippen LogP contribution in [0, 0.1) is 0 Å². The largest absolute Gasteiger partial charge is 0.508 e. The molecule has 144 valence electrons. The molecule has 0 saturated heterocycles. The number of rotatable bonds is 5. The first-order chi connectivity index (χ1) is 14.1. The van der Waals surface area contributed by atoms with Crippen molar-refractivity contribution >= 4 is 11.1 Å². The molecular formula is C23H19N3O3. The molecule has 0 saturated carbocycles. The lowest BCUT2D eigenvalue weighted by molar-refractivity contribution is 0.474. The lowest BCUT2D eigenvalue weighted by Crippen LogP contribution is -2.03. The highest BCUT2D eigenvalue weighted by Crippen LogP contribution is 2.35. The average Bonchev–Trinajstić information content (AvgIpc) is 3.24. The summed E-state index contributed by atoms with van der Waals surface area (Å²) >= 11 is 0. The number of hydrogen-bond acceptors (Lipinski definition) is 5. The van der Waals surface area contributed by atoms with Crippen LogP contribution in [-0.4, -0.2) is 30.1 Å². The van der Waals surface area contributed by atoms with E-state index in [1.165, 1.54) is 0 Å². The van der Waals surface area contributed by atoms with Gasteiger partial charge in [-0.1, -0.05) is 36.4 Å². The van der Waals surface area contributed by atoms with Crippen molar-refractivity contribution in [1.29, 1.82) is 0 Å². The van der Waals surface area contributed by atoms with Gasteiger partial charge in [-0.2, -0.15) is 0 Å². The minimum Gasteiger partial charge on any atom is -0.508 e. The fourth-order valence-corrected chi connectivity index (χ4v) is 3.23. The van der Waals surface area contributed by atoms with Gasteiger partial charge in [0.05, 0.1) is 6.54 Å². The summed E-state index contributed by atoms with van der Waals surface area (Å²) in [7, 11) is 0. The third-order valence-electron chi connectivity index (χ3n) is 4.64. The number of phenols is 3. The molecule has 0 atom stereocenters. The molecule has 6 heteroatoms. The van der Waals surface area contributed by atoms with Crippen LogP contribution in [0.25, 0.3) is 11.1 Å². The molecule has 29 heavy (non-hydrogen) atoms. The second-order valence-corrected chi connectivity index (χ2v) is 6.63. The van der Waals surface area contributed by atoms with E-state index in [2.05, 4.69) is 10.2 Å². The van der Waals surface area contributed by atoms with Crippen molar-refractivity contribution in [3.8, 4) is 17.2 Å². The lowest BCUT2D eigenvalue weighted by Gasteiger charge is -2.18. The molecule has 0 spiro atoms. The van der Waals surface area contributed by atoms with Crippen molar-refractivity contribution in [3.05, 3.63) is 102 Å². The average molecular weight is 385 g/mol. The summed E-state index contributed by atoms with van der Waals surface area (Å²) in [6.45, 7) is 0.495. The maximum absolute atomic E-state index is 9.74. The molecular weight excluding hydrogens is 366 g/mol. The second-order valence-electron chi connectivity index (χ2n) is 6.63. The van der Waals surface area contributed by atoms with Gasteiger partial charge in [0, 0.05) is 0 Å². The van der Waals surface area contributed by atoms with E-state index in [9.17, 15) is 15.3 Å². The zero-order valence-electron chi connectivity index (χ0n) is 15.5. The third kappa shape index (κ3) is 4.11. The molecule has 0 unspecified atom stereocenters. The van der Waals surface area contributed by atoms with E-state index in [1.807, 2.05) is 41.0 Å². The van der Waals surface area contributed by atoms with Crippen LogP contribution in [0.15, 0.2) is 85.5 Å². The standard InChI is InChI=1S/C23H19N3O3/c27-19-7-1-16(2-8-19)22(13-26-14-24-25-15-26)23(17-3-9-20(28)10-4-17)18-5-11-21(29)12-6-18/h1-12,14-15,27-29H,13H2. The van der Waals surface area contributed by atoms with Gasteiger partial charge in [-0.3, -0.25) is 0 Å². The zero-order valence-corrected chi connectivity index (χ0v) is 15.5. The summed E-state index contributed by atoms with van der Waals surface area (Å²) < 4.78 is 1.86. The molecule has 1 aromatic heterocycles. The maximum atomic E-state index is 9.74. The molecule has 3 N–H and O–H groups in total. The van der Waals surface area contributed by atoms with Crippen LogP contribution >= 0.6 is 0 Å². The number of aromatic nitrogens is 3. The number of phenolic OH excluding ortho intramolecular Hbond substituents is 3. The first-order valence-corrected chi connectivity index (χ1v) is 9.04. The summed E-state index contributed by atoms with van der Waals surface area (Å²) in [5, 5.41) is 37.0. The van der Waals surface area contributed by atoms with Crippen LogP contribution < -0.4 is 0 Å². The predicted octanol–water partition coefficient (Wildman–Crippen LogP) is 4.05. The number of nitrogens with zero attached hydrogens (tertiary/aromatic N) is 3. The van der Waals surface area contributed by atoms with Gasteiger partial charge in [0.2, 0.25) is 0 Å². The van der Waals surface area contributed by atoms with Crippen LogP contribution in [-0.2, 0) is 6.54 Å². The Kier molecular flexibility index (Phi) is 4.99. The van der Waals surface area contributed by atoms with Gasteiger partial charge < -0.3 is 19.9 Å². The summed E-state index contributed by atoms with van der Waals surface area (Å²) in [5.74, 6) is 0.556. The lowest BCUT2D eigenvalue weighted by atomic mass is 9.89. The van der Waals surface area contributed by atoms with Crippen molar-refractivity contribution in [2.45, 2.75) is 6.54 Å². The normalized spacial score (nSPS) is 10.6. The molecule has 0 aliphatic rings. The highest BCUT2D eigenvalue weighted by atomic mass is 16.3. The number of aromatic hydroxyl groups is 3. The van der Waals surface area contributed by atoms with E-state index >= 15 is 0 Å². The quantitative estimate of drug-likeness (QED) is 0.451. The molecule has 0 bridgehead atoms. The Hall–Kier alpha value is -4.06. The van der Waals surface area contributed by atoms with E-state index in [0.29, 0.717) is 6.54 Å². The van der Waals surface area contributed by atoms with Crippen LogP contribution in [0.4, 0.5) is 0 Å². The molecule has 0 fully saturated rings. The monoisotopic (exact) mass is 385 g/mol. The van der Waals surface area contributed by atoms with Crippen LogP contribution in [0.2, 0.25) is 0 Å². The van der Waals surface area contributed by atoms with Gasteiger partial charge in [0.25, 0.3) is 0 Å². The fourth-order valence-electron chi connectivity index (χ4n) is 3.23. The van der Waals surface area contributed by atoms with Crippen molar-refractivity contribution in [2.24, 2.45) is 0 Å². The summed E-state index contributed by atoms with van der Waals surface area (Å²) in [5.41, 5.74) is 4.65. The molecule has 4 aromatic rings. The summed E-state index contributed by atoms with van der Waals surface area (Å²) in [6.07, 6.45) is 3.29. The molecule has 1 heterocycles. The minimum atomic E-state index is 0.184. The Morgan fingerprint density at radius 3 is 1.38 bits per heavy atom. The van der Waals surface area contributed by atoms with E-state index in [4.69, 9.17) is 0 Å². The van der Waals surface area contributed by atoms with Gasteiger partial charge in [0.15, 0.2) is 0 Å². The van der Waals surface area contributed by atoms with Crippen molar-refractivity contribution in [3.63, 3.8) is 0 Å². The van der Waals surface area contributed by atoms with Gasteiger partial charge in [-0.25, -0.2) is 0 Å². The fraction of sp³-hybridized carbons (Fsp3) is 0.0435. The van der Waals surface area contributed by atoms with Crippen LogP contribution in [0.1, 0.15) is 16.7 Å². The molecule has 3 aromatic carbocycles. The van der Waals surface area contributed by atoms with E-state index < -0.39 is 0 Å². The smallest absolute Gasteiger partial charge is 0.119 e. The Bertz CT molecular complexity index is 1070. The first kappa shape index (κ1) is 18.3.